The molecule has 1 fully saturated rings. The van der Waals surface area contributed by atoms with Crippen LogP contribution >= 0.6 is 0 Å². The molecular formula is C32H33F4NO3. The molecule has 3 aromatic carbocycles. The minimum atomic E-state index is -2.89. The lowest BCUT2D eigenvalue weighted by Crippen LogP contribution is -2.26. The standard InChI is InChI=1S/C32H33F4NO3/c1-21-18-25(39-32(34)35)10-12-28(21)30-5-2-4-23-19-26(40-36)11-13-29(23)31(30)22-6-8-24(9-7-22)38-27-14-17-37(20-27)16-3-15-33/h6-13,18-19,27,32H,2-5,14-17,20H2,1H3/t27-/m0/s1. The van der Waals surface area contributed by atoms with Gasteiger partial charge in [0.1, 0.15) is 17.6 Å². The lowest BCUT2D eigenvalue weighted by Gasteiger charge is -2.20. The van der Waals surface area contributed by atoms with Gasteiger partial charge in [0.15, 0.2) is 5.75 Å². The monoisotopic (exact) mass is 555 g/mol. The number of rotatable bonds is 10. The summed E-state index contributed by atoms with van der Waals surface area (Å²) in [5.74, 6) is 1.05. The van der Waals surface area contributed by atoms with Crippen LogP contribution in [-0.2, 0) is 6.42 Å². The molecule has 8 heteroatoms. The Morgan fingerprint density at radius 2 is 1.68 bits per heavy atom. The number of fused-ring (bicyclic) bond motifs is 1. The molecule has 1 aliphatic heterocycles. The van der Waals surface area contributed by atoms with Gasteiger partial charge in [-0.05, 0) is 114 Å². The number of alkyl halides is 3. The second kappa shape index (κ2) is 12.8. The van der Waals surface area contributed by atoms with Crippen LogP contribution < -0.4 is 14.4 Å². The highest BCUT2D eigenvalue weighted by Crippen LogP contribution is 2.42. The van der Waals surface area contributed by atoms with Crippen molar-refractivity contribution < 1.29 is 32.1 Å². The number of nitrogens with zero attached hydrogens (tertiary/aromatic N) is 1. The Morgan fingerprint density at radius 1 is 0.925 bits per heavy atom. The molecule has 0 unspecified atom stereocenters. The number of ether oxygens (including phenoxy) is 2. The van der Waals surface area contributed by atoms with Gasteiger partial charge < -0.3 is 9.47 Å². The molecule has 0 amide bonds. The fraction of sp³-hybridized carbons (Fsp3) is 0.375. The van der Waals surface area contributed by atoms with E-state index in [1.807, 2.05) is 43.3 Å². The second-order valence-electron chi connectivity index (χ2n) is 10.4. The van der Waals surface area contributed by atoms with Gasteiger partial charge in [-0.2, -0.15) is 8.78 Å². The molecule has 0 aromatic heterocycles. The van der Waals surface area contributed by atoms with E-state index < -0.39 is 6.61 Å². The van der Waals surface area contributed by atoms with Crippen LogP contribution in [0.25, 0.3) is 11.1 Å². The van der Waals surface area contributed by atoms with Crippen LogP contribution in [0.4, 0.5) is 17.7 Å². The van der Waals surface area contributed by atoms with Gasteiger partial charge in [-0.25, -0.2) is 0 Å². The molecule has 5 rings (SSSR count). The largest absolute Gasteiger partial charge is 0.489 e. The average Bonchev–Trinajstić information content (AvgIpc) is 3.30. The molecule has 4 nitrogen and oxygen atoms in total. The van der Waals surface area contributed by atoms with Crippen LogP contribution in [-0.4, -0.2) is 43.9 Å². The van der Waals surface area contributed by atoms with Crippen molar-refractivity contribution in [1.29, 1.82) is 0 Å². The van der Waals surface area contributed by atoms with Crippen LogP contribution in [0, 0.1) is 6.92 Å². The van der Waals surface area contributed by atoms with Crippen molar-refractivity contribution >= 4 is 11.1 Å². The van der Waals surface area contributed by atoms with Crippen molar-refractivity contribution in [1.82, 2.24) is 4.90 Å². The summed E-state index contributed by atoms with van der Waals surface area (Å²) >= 11 is 0. The summed E-state index contributed by atoms with van der Waals surface area (Å²) < 4.78 is 62.0. The predicted molar refractivity (Wildman–Crippen MR) is 147 cm³/mol. The van der Waals surface area contributed by atoms with Gasteiger partial charge in [-0.1, -0.05) is 24.3 Å². The molecule has 3 aromatic rings. The number of aryl methyl sites for hydroxylation is 2. The minimum absolute atomic E-state index is 0.0644. The fourth-order valence-corrected chi connectivity index (χ4v) is 5.83. The van der Waals surface area contributed by atoms with E-state index in [1.165, 1.54) is 0 Å². The van der Waals surface area contributed by atoms with Crippen LogP contribution in [0.1, 0.15) is 53.5 Å². The maximum Gasteiger partial charge on any atom is 0.387 e. The SMILES string of the molecule is Cc1cc(OC(F)F)ccc1C1=C(c2ccc(O[C@H]3CCN(CCCF)C3)cc2)c2ccc(OF)cc2CCC1. The van der Waals surface area contributed by atoms with E-state index in [9.17, 15) is 17.7 Å². The van der Waals surface area contributed by atoms with Crippen molar-refractivity contribution in [2.45, 2.75) is 51.7 Å². The van der Waals surface area contributed by atoms with Gasteiger partial charge >= 0.3 is 6.61 Å². The number of allylic oxidation sites excluding steroid dienone is 1. The van der Waals surface area contributed by atoms with Crippen LogP contribution in [0.3, 0.4) is 0 Å². The first-order valence-corrected chi connectivity index (χ1v) is 13.7. The zero-order chi connectivity index (χ0) is 28.1. The van der Waals surface area contributed by atoms with Crippen molar-refractivity contribution in [2.75, 3.05) is 26.3 Å². The Morgan fingerprint density at radius 3 is 2.40 bits per heavy atom. The van der Waals surface area contributed by atoms with Gasteiger partial charge in [0.05, 0.1) is 6.67 Å². The molecule has 1 saturated heterocycles. The molecule has 1 aliphatic carbocycles. The zero-order valence-electron chi connectivity index (χ0n) is 22.5. The van der Waals surface area contributed by atoms with Crippen molar-refractivity contribution in [3.63, 3.8) is 0 Å². The fourth-order valence-electron chi connectivity index (χ4n) is 5.83. The first kappa shape index (κ1) is 28.0. The molecule has 0 saturated carbocycles. The van der Waals surface area contributed by atoms with Crippen LogP contribution in [0.15, 0.2) is 60.7 Å². The topological polar surface area (TPSA) is 30.9 Å². The molecular weight excluding hydrogens is 522 g/mol. The number of benzene rings is 3. The molecule has 1 heterocycles. The highest BCUT2D eigenvalue weighted by Gasteiger charge is 2.25. The van der Waals surface area contributed by atoms with E-state index in [1.54, 1.807) is 24.3 Å². The molecule has 0 spiro atoms. The normalized spacial score (nSPS) is 17.6. The van der Waals surface area contributed by atoms with E-state index in [0.717, 1.165) is 90.0 Å². The van der Waals surface area contributed by atoms with Gasteiger partial charge in [0, 0.05) is 24.2 Å². The Hall–Kier alpha value is -3.52. The van der Waals surface area contributed by atoms with Crippen LogP contribution in [0.2, 0.25) is 0 Å². The summed E-state index contributed by atoms with van der Waals surface area (Å²) in [5.41, 5.74) is 6.81. The van der Waals surface area contributed by atoms with E-state index >= 15 is 0 Å². The summed E-state index contributed by atoms with van der Waals surface area (Å²) in [5, 5.41) is 0. The number of likely N-dealkylation sites (tertiary alicyclic amines) is 1. The Balaban J connectivity index is 1.50. The third-order valence-electron chi connectivity index (χ3n) is 7.64. The Bertz CT molecular complexity index is 1340. The van der Waals surface area contributed by atoms with E-state index in [0.29, 0.717) is 6.42 Å². The number of hydrogen-bond acceptors (Lipinski definition) is 4. The average molecular weight is 556 g/mol. The maximum absolute atomic E-state index is 13.0. The zero-order valence-corrected chi connectivity index (χ0v) is 22.5. The lowest BCUT2D eigenvalue weighted by molar-refractivity contribution is -0.0498. The molecule has 2 aliphatic rings. The van der Waals surface area contributed by atoms with E-state index in [-0.39, 0.29) is 24.3 Å². The summed E-state index contributed by atoms with van der Waals surface area (Å²) in [6.45, 7) is 1.13. The molecule has 212 valence electrons. The third kappa shape index (κ3) is 6.44. The maximum atomic E-state index is 13.0. The minimum Gasteiger partial charge on any atom is -0.489 e. The first-order chi connectivity index (χ1) is 19.4. The highest BCUT2D eigenvalue weighted by molar-refractivity contribution is 6.00. The van der Waals surface area contributed by atoms with Crippen molar-refractivity contribution in [2.24, 2.45) is 0 Å². The van der Waals surface area contributed by atoms with Crippen LogP contribution in [0.5, 0.6) is 17.2 Å². The summed E-state index contributed by atoms with van der Waals surface area (Å²) in [4.78, 5) is 6.25. The lowest BCUT2D eigenvalue weighted by atomic mass is 9.86. The molecule has 40 heavy (non-hydrogen) atoms. The quantitative estimate of drug-likeness (QED) is 0.238. The Kier molecular flexibility index (Phi) is 8.94. The second-order valence-corrected chi connectivity index (χ2v) is 10.4. The van der Waals surface area contributed by atoms with Gasteiger partial charge in [0.25, 0.3) is 0 Å². The number of hydrogen-bond donors (Lipinski definition) is 0. The first-order valence-electron chi connectivity index (χ1n) is 13.7. The predicted octanol–water partition coefficient (Wildman–Crippen LogP) is 7.97. The van der Waals surface area contributed by atoms with E-state index in [2.05, 4.69) is 14.6 Å². The highest BCUT2D eigenvalue weighted by atomic mass is 19.3. The Labute approximate surface area is 232 Å². The summed E-state index contributed by atoms with van der Waals surface area (Å²) in [6.07, 6.45) is 3.84. The van der Waals surface area contributed by atoms with Crippen molar-refractivity contribution in [3.05, 3.63) is 88.5 Å². The smallest absolute Gasteiger partial charge is 0.387 e. The summed E-state index contributed by atoms with van der Waals surface area (Å²) in [6, 6.07) is 18.2. The van der Waals surface area contributed by atoms with Gasteiger partial charge in [-0.3, -0.25) is 14.2 Å². The number of halogens is 4. The van der Waals surface area contributed by atoms with Gasteiger partial charge in [0.2, 0.25) is 0 Å². The van der Waals surface area contributed by atoms with E-state index in [4.69, 9.17) is 4.74 Å². The molecule has 1 atom stereocenters. The molecule has 0 N–H and O–H groups in total. The third-order valence-corrected chi connectivity index (χ3v) is 7.64. The molecule has 0 radical (unpaired) electrons. The summed E-state index contributed by atoms with van der Waals surface area (Å²) in [7, 11) is 0. The van der Waals surface area contributed by atoms with Crippen molar-refractivity contribution in [3.8, 4) is 17.2 Å². The molecule has 0 bridgehead atoms. The van der Waals surface area contributed by atoms with Gasteiger partial charge in [-0.15, -0.1) is 0 Å².